The number of rotatable bonds is 12. The maximum atomic E-state index is 13.3. The standard InChI is InChI=1S/C26H36ClN3O4S/c1-6-15-28-26(32)21(4)29(18-22-11-8-12-23(27)17-22)25(31)14-9-16-30(35(5,33)34)24-13-7-10-19(2)20(24)3/h7-8,10-13,17,21H,6,9,14-16,18H2,1-5H3,(H,28,32)/t21-/m0/s1. The van der Waals surface area contributed by atoms with Gasteiger partial charge in [-0.1, -0.05) is 42.8 Å². The zero-order valence-corrected chi connectivity index (χ0v) is 22.7. The molecule has 35 heavy (non-hydrogen) atoms. The summed E-state index contributed by atoms with van der Waals surface area (Å²) in [7, 11) is -3.54. The quantitative estimate of drug-likeness (QED) is 0.447. The average Bonchev–Trinajstić information content (AvgIpc) is 2.79. The molecule has 0 spiro atoms. The molecule has 0 saturated carbocycles. The van der Waals surface area contributed by atoms with Gasteiger partial charge in [0.05, 0.1) is 11.9 Å². The molecule has 0 bridgehead atoms. The smallest absolute Gasteiger partial charge is 0.242 e. The first-order valence-electron chi connectivity index (χ1n) is 11.8. The van der Waals surface area contributed by atoms with Crippen LogP contribution in [-0.2, 0) is 26.2 Å². The summed E-state index contributed by atoms with van der Waals surface area (Å²) in [5.74, 6) is -0.450. The Morgan fingerprint density at radius 2 is 1.80 bits per heavy atom. The van der Waals surface area contributed by atoms with Crippen molar-refractivity contribution in [3.05, 3.63) is 64.2 Å². The van der Waals surface area contributed by atoms with E-state index in [2.05, 4.69) is 5.32 Å². The molecule has 0 aliphatic heterocycles. The van der Waals surface area contributed by atoms with Gasteiger partial charge in [0.25, 0.3) is 0 Å². The summed E-state index contributed by atoms with van der Waals surface area (Å²) in [5.41, 5.74) is 3.30. The normalized spacial score (nSPS) is 12.2. The van der Waals surface area contributed by atoms with Gasteiger partial charge in [-0.05, 0) is 68.5 Å². The second-order valence-electron chi connectivity index (χ2n) is 8.78. The van der Waals surface area contributed by atoms with E-state index in [-0.39, 0.29) is 31.3 Å². The van der Waals surface area contributed by atoms with Crippen molar-refractivity contribution >= 4 is 39.1 Å². The monoisotopic (exact) mass is 521 g/mol. The topological polar surface area (TPSA) is 86.8 Å². The first kappa shape index (κ1) is 28.7. The van der Waals surface area contributed by atoms with Gasteiger partial charge in [-0.2, -0.15) is 0 Å². The minimum absolute atomic E-state index is 0.100. The van der Waals surface area contributed by atoms with Gasteiger partial charge in [-0.25, -0.2) is 8.42 Å². The minimum atomic E-state index is -3.54. The predicted octanol–water partition coefficient (Wildman–Crippen LogP) is 4.45. The first-order valence-corrected chi connectivity index (χ1v) is 14.0. The molecule has 7 nitrogen and oxygen atoms in total. The molecule has 192 valence electrons. The van der Waals surface area contributed by atoms with Gasteiger partial charge in [0.15, 0.2) is 0 Å². The van der Waals surface area contributed by atoms with Gasteiger partial charge in [0.1, 0.15) is 6.04 Å². The second kappa shape index (κ2) is 12.9. The van der Waals surface area contributed by atoms with E-state index < -0.39 is 16.1 Å². The summed E-state index contributed by atoms with van der Waals surface area (Å²) in [6.45, 7) is 8.40. The van der Waals surface area contributed by atoms with Crippen molar-refractivity contribution in [2.75, 3.05) is 23.7 Å². The molecule has 1 N–H and O–H groups in total. The van der Waals surface area contributed by atoms with E-state index in [4.69, 9.17) is 11.6 Å². The number of nitrogens with one attached hydrogen (secondary N) is 1. The minimum Gasteiger partial charge on any atom is -0.354 e. The lowest BCUT2D eigenvalue weighted by atomic mass is 10.1. The number of amides is 2. The molecular formula is C26H36ClN3O4S. The highest BCUT2D eigenvalue weighted by atomic mass is 35.5. The molecule has 0 unspecified atom stereocenters. The van der Waals surface area contributed by atoms with Crippen molar-refractivity contribution < 1.29 is 18.0 Å². The molecular weight excluding hydrogens is 486 g/mol. The number of hydrogen-bond donors (Lipinski definition) is 1. The van der Waals surface area contributed by atoms with Gasteiger partial charge >= 0.3 is 0 Å². The molecule has 0 aliphatic carbocycles. The molecule has 1 atom stereocenters. The van der Waals surface area contributed by atoms with Crippen molar-refractivity contribution in [2.24, 2.45) is 0 Å². The molecule has 0 aromatic heterocycles. The Balaban J connectivity index is 2.19. The number of aryl methyl sites for hydroxylation is 1. The van der Waals surface area contributed by atoms with Crippen LogP contribution in [0.25, 0.3) is 0 Å². The van der Waals surface area contributed by atoms with Crippen LogP contribution in [0.5, 0.6) is 0 Å². The van der Waals surface area contributed by atoms with Crippen molar-refractivity contribution in [3.8, 4) is 0 Å². The van der Waals surface area contributed by atoms with Crippen LogP contribution in [-0.4, -0.2) is 50.5 Å². The van der Waals surface area contributed by atoms with E-state index in [1.165, 1.54) is 15.5 Å². The Morgan fingerprint density at radius 1 is 1.11 bits per heavy atom. The Morgan fingerprint density at radius 3 is 2.43 bits per heavy atom. The Hall–Kier alpha value is -2.58. The number of nitrogens with zero attached hydrogens (tertiary/aromatic N) is 2. The molecule has 0 radical (unpaired) electrons. The summed E-state index contributed by atoms with van der Waals surface area (Å²) < 4.78 is 26.4. The largest absolute Gasteiger partial charge is 0.354 e. The number of hydrogen-bond acceptors (Lipinski definition) is 4. The fourth-order valence-electron chi connectivity index (χ4n) is 3.80. The van der Waals surface area contributed by atoms with Crippen molar-refractivity contribution in [2.45, 2.75) is 59.5 Å². The first-order chi connectivity index (χ1) is 16.5. The van der Waals surface area contributed by atoms with Gasteiger partial charge in [-0.3, -0.25) is 13.9 Å². The van der Waals surface area contributed by atoms with Gasteiger partial charge < -0.3 is 10.2 Å². The van der Waals surface area contributed by atoms with Gasteiger partial charge in [0, 0.05) is 31.1 Å². The molecule has 9 heteroatoms. The van der Waals surface area contributed by atoms with Gasteiger partial charge in [0.2, 0.25) is 21.8 Å². The number of halogens is 1. The van der Waals surface area contributed by atoms with Crippen LogP contribution in [0.3, 0.4) is 0 Å². The van der Waals surface area contributed by atoms with E-state index >= 15 is 0 Å². The Bertz CT molecular complexity index is 1140. The van der Waals surface area contributed by atoms with Crippen molar-refractivity contribution in [1.29, 1.82) is 0 Å². The summed E-state index contributed by atoms with van der Waals surface area (Å²) >= 11 is 6.12. The highest BCUT2D eigenvalue weighted by Crippen LogP contribution is 2.25. The summed E-state index contributed by atoms with van der Waals surface area (Å²) in [6.07, 6.45) is 2.38. The molecule has 0 aliphatic rings. The SMILES string of the molecule is CCCNC(=O)[C@H](C)N(Cc1cccc(Cl)c1)C(=O)CCCN(c1cccc(C)c1C)S(C)(=O)=O. The maximum Gasteiger partial charge on any atom is 0.242 e. The maximum absolute atomic E-state index is 13.3. The molecule has 2 rings (SSSR count). The molecule has 2 amide bonds. The molecule has 2 aromatic carbocycles. The zero-order chi connectivity index (χ0) is 26.2. The molecule has 0 saturated heterocycles. The summed E-state index contributed by atoms with van der Waals surface area (Å²) in [6, 6.07) is 12.0. The number of carbonyl (C=O) groups is 2. The highest BCUT2D eigenvalue weighted by Gasteiger charge is 2.27. The van der Waals surface area contributed by atoms with E-state index in [0.29, 0.717) is 23.7 Å². The number of carbonyl (C=O) groups excluding carboxylic acids is 2. The van der Waals surface area contributed by atoms with Gasteiger partial charge in [-0.15, -0.1) is 0 Å². The van der Waals surface area contributed by atoms with Crippen LogP contribution in [0.1, 0.15) is 49.8 Å². The molecule has 2 aromatic rings. The second-order valence-corrected chi connectivity index (χ2v) is 11.1. The molecule has 0 fully saturated rings. The van der Waals surface area contributed by atoms with E-state index in [1.54, 1.807) is 31.2 Å². The summed E-state index contributed by atoms with van der Waals surface area (Å²) in [5, 5.41) is 3.40. The van der Waals surface area contributed by atoms with Crippen molar-refractivity contribution in [3.63, 3.8) is 0 Å². The van der Waals surface area contributed by atoms with E-state index in [9.17, 15) is 18.0 Å². The Labute approximate surface area is 214 Å². The van der Waals surface area contributed by atoms with Crippen LogP contribution in [0.15, 0.2) is 42.5 Å². The van der Waals surface area contributed by atoms with E-state index in [0.717, 1.165) is 23.1 Å². The fraction of sp³-hybridized carbons (Fsp3) is 0.462. The van der Waals surface area contributed by atoms with Crippen LogP contribution in [0, 0.1) is 13.8 Å². The lowest BCUT2D eigenvalue weighted by Crippen LogP contribution is -2.47. The van der Waals surface area contributed by atoms with E-state index in [1.807, 2.05) is 39.0 Å². The number of benzene rings is 2. The third kappa shape index (κ3) is 8.25. The predicted molar refractivity (Wildman–Crippen MR) is 142 cm³/mol. The fourth-order valence-corrected chi connectivity index (χ4v) is 5.03. The van der Waals surface area contributed by atoms with Crippen molar-refractivity contribution in [1.82, 2.24) is 10.2 Å². The molecule has 0 heterocycles. The lowest BCUT2D eigenvalue weighted by molar-refractivity contribution is -0.140. The summed E-state index contributed by atoms with van der Waals surface area (Å²) in [4.78, 5) is 27.5. The zero-order valence-electron chi connectivity index (χ0n) is 21.2. The average molecular weight is 522 g/mol. The van der Waals surface area contributed by atoms with Crippen LogP contribution < -0.4 is 9.62 Å². The Kier molecular flexibility index (Phi) is 10.6. The van der Waals surface area contributed by atoms with Crippen LogP contribution >= 0.6 is 11.6 Å². The third-order valence-corrected chi connectivity index (χ3v) is 7.37. The highest BCUT2D eigenvalue weighted by molar-refractivity contribution is 7.92. The van der Waals surface area contributed by atoms with Crippen LogP contribution in [0.2, 0.25) is 5.02 Å². The third-order valence-electron chi connectivity index (χ3n) is 5.96. The number of sulfonamides is 1. The number of anilines is 1. The lowest BCUT2D eigenvalue weighted by Gasteiger charge is -2.29. The van der Waals surface area contributed by atoms with Crippen LogP contribution in [0.4, 0.5) is 5.69 Å².